The molecule has 0 saturated heterocycles. The number of nitrogens with two attached hydrogens (primary N) is 1. The molecule has 2 nitrogen and oxygen atoms in total. The van der Waals surface area contributed by atoms with E-state index in [1.54, 1.807) is 0 Å². The molecule has 0 bridgehead atoms. The lowest BCUT2D eigenvalue weighted by molar-refractivity contribution is -0.0328. The molecule has 0 aromatic heterocycles. The van der Waals surface area contributed by atoms with E-state index in [0.717, 1.165) is 0 Å². The monoisotopic (exact) mass is 286 g/mol. The van der Waals surface area contributed by atoms with Gasteiger partial charge in [-0.15, -0.1) is 0 Å². The van der Waals surface area contributed by atoms with Gasteiger partial charge in [0.15, 0.2) is 0 Å². The van der Waals surface area contributed by atoms with Gasteiger partial charge >= 0.3 is 5.51 Å². The second-order valence-corrected chi connectivity index (χ2v) is 4.30. The zero-order chi connectivity index (χ0) is 10.8. The maximum absolute atomic E-state index is 12.0. The second-order valence-electron chi connectivity index (χ2n) is 2.34. The Kier molecular flexibility index (Phi) is 3.68. The molecule has 0 aliphatic heterocycles. The fourth-order valence-electron chi connectivity index (χ4n) is 0.798. The van der Waals surface area contributed by atoms with Crippen LogP contribution in [0.15, 0.2) is 27.6 Å². The summed E-state index contributed by atoms with van der Waals surface area (Å²) in [5.41, 5.74) is -1.40. The molecule has 78 valence electrons. The van der Waals surface area contributed by atoms with Crippen LogP contribution in [-0.2, 0) is 0 Å². The average Bonchev–Trinajstić information content (AvgIpc) is 2.06. The SMILES string of the molecule is NNc1ccc(SC(F)(F)F)c(Br)c1. The lowest BCUT2D eigenvalue weighted by Gasteiger charge is -2.08. The van der Waals surface area contributed by atoms with E-state index in [0.29, 0.717) is 10.2 Å². The van der Waals surface area contributed by atoms with E-state index in [-0.39, 0.29) is 16.7 Å². The van der Waals surface area contributed by atoms with Crippen LogP contribution in [0.1, 0.15) is 0 Å². The smallest absolute Gasteiger partial charge is 0.324 e. The van der Waals surface area contributed by atoms with Crippen LogP contribution in [0.2, 0.25) is 0 Å². The van der Waals surface area contributed by atoms with E-state index in [2.05, 4.69) is 21.4 Å². The minimum atomic E-state index is -4.28. The quantitative estimate of drug-likeness (QED) is 0.497. The van der Waals surface area contributed by atoms with Crippen molar-refractivity contribution < 1.29 is 13.2 Å². The average molecular weight is 287 g/mol. The highest BCUT2D eigenvalue weighted by Gasteiger charge is 2.30. The largest absolute Gasteiger partial charge is 0.446 e. The van der Waals surface area contributed by atoms with Crippen LogP contribution in [0.25, 0.3) is 0 Å². The van der Waals surface area contributed by atoms with Crippen LogP contribution in [0.3, 0.4) is 0 Å². The van der Waals surface area contributed by atoms with E-state index >= 15 is 0 Å². The van der Waals surface area contributed by atoms with E-state index in [1.807, 2.05) is 0 Å². The van der Waals surface area contributed by atoms with Gasteiger partial charge in [-0.3, -0.25) is 5.84 Å². The third-order valence-electron chi connectivity index (χ3n) is 1.32. The molecule has 0 aliphatic rings. The van der Waals surface area contributed by atoms with Crippen molar-refractivity contribution in [3.8, 4) is 0 Å². The van der Waals surface area contributed by atoms with Gasteiger partial charge in [0, 0.05) is 15.1 Å². The van der Waals surface area contributed by atoms with Crippen LogP contribution in [0.4, 0.5) is 18.9 Å². The number of nitrogen functional groups attached to an aromatic ring is 1. The number of halogens is 4. The highest BCUT2D eigenvalue weighted by molar-refractivity contribution is 9.10. The van der Waals surface area contributed by atoms with E-state index < -0.39 is 5.51 Å². The van der Waals surface area contributed by atoms with Gasteiger partial charge in [0.05, 0.1) is 0 Å². The van der Waals surface area contributed by atoms with Gasteiger partial charge in [-0.2, -0.15) is 13.2 Å². The summed E-state index contributed by atoms with van der Waals surface area (Å²) in [6.45, 7) is 0. The number of hydrogen-bond acceptors (Lipinski definition) is 3. The highest BCUT2D eigenvalue weighted by Crippen LogP contribution is 2.40. The van der Waals surface area contributed by atoms with E-state index in [4.69, 9.17) is 5.84 Å². The topological polar surface area (TPSA) is 38.0 Å². The predicted molar refractivity (Wildman–Crippen MR) is 53.9 cm³/mol. The molecule has 14 heavy (non-hydrogen) atoms. The minimum Gasteiger partial charge on any atom is -0.324 e. The van der Waals surface area contributed by atoms with Crippen molar-refractivity contribution in [3.05, 3.63) is 22.7 Å². The Morgan fingerprint density at radius 3 is 2.43 bits per heavy atom. The van der Waals surface area contributed by atoms with E-state index in [1.165, 1.54) is 18.2 Å². The summed E-state index contributed by atoms with van der Waals surface area (Å²) in [5.74, 6) is 5.10. The van der Waals surface area contributed by atoms with Crippen molar-refractivity contribution in [2.45, 2.75) is 10.4 Å². The molecule has 0 radical (unpaired) electrons. The summed E-state index contributed by atoms with van der Waals surface area (Å²) in [4.78, 5) is 0.108. The van der Waals surface area contributed by atoms with Crippen molar-refractivity contribution in [1.82, 2.24) is 0 Å². The second kappa shape index (κ2) is 4.41. The molecular formula is C7H6BrF3N2S. The van der Waals surface area contributed by atoms with Crippen molar-refractivity contribution in [1.29, 1.82) is 0 Å². The Balaban J connectivity index is 2.89. The maximum Gasteiger partial charge on any atom is 0.446 e. The molecule has 0 unspecified atom stereocenters. The van der Waals surface area contributed by atoms with Gasteiger partial charge in [-0.05, 0) is 45.9 Å². The Morgan fingerprint density at radius 2 is 2.00 bits per heavy atom. The zero-order valence-corrected chi connectivity index (χ0v) is 9.13. The van der Waals surface area contributed by atoms with Crippen LogP contribution in [0.5, 0.6) is 0 Å². The molecule has 1 aromatic rings. The molecule has 0 saturated carbocycles. The molecular weight excluding hydrogens is 281 g/mol. The Bertz CT molecular complexity index is 329. The summed E-state index contributed by atoms with van der Waals surface area (Å²) >= 11 is 2.86. The van der Waals surface area contributed by atoms with Gasteiger partial charge in [-0.1, -0.05) is 0 Å². The fraction of sp³-hybridized carbons (Fsp3) is 0.143. The van der Waals surface area contributed by atoms with Crippen molar-refractivity contribution in [2.75, 3.05) is 5.43 Å². The third kappa shape index (κ3) is 3.39. The van der Waals surface area contributed by atoms with Crippen LogP contribution >= 0.6 is 27.7 Å². The number of anilines is 1. The van der Waals surface area contributed by atoms with Crippen LogP contribution in [0, 0.1) is 0 Å². The highest BCUT2D eigenvalue weighted by atomic mass is 79.9. The third-order valence-corrected chi connectivity index (χ3v) is 3.05. The number of rotatable bonds is 2. The number of alkyl halides is 3. The molecule has 0 atom stereocenters. The first-order valence-electron chi connectivity index (χ1n) is 3.44. The molecule has 7 heteroatoms. The van der Waals surface area contributed by atoms with Gasteiger partial charge in [0.1, 0.15) is 0 Å². The lowest BCUT2D eigenvalue weighted by Crippen LogP contribution is -2.06. The predicted octanol–water partition coefficient (Wildman–Crippen LogP) is 3.35. The first kappa shape index (κ1) is 11.7. The molecule has 0 amide bonds. The number of thioether (sulfide) groups is 1. The zero-order valence-electron chi connectivity index (χ0n) is 6.73. The fourth-order valence-corrected chi connectivity index (χ4v) is 1.96. The van der Waals surface area contributed by atoms with Crippen LogP contribution < -0.4 is 11.3 Å². The number of hydrogen-bond donors (Lipinski definition) is 2. The van der Waals surface area contributed by atoms with Gasteiger partial charge < -0.3 is 5.43 Å². The van der Waals surface area contributed by atoms with E-state index in [9.17, 15) is 13.2 Å². The van der Waals surface area contributed by atoms with Crippen LogP contribution in [-0.4, -0.2) is 5.51 Å². The summed E-state index contributed by atoms with van der Waals surface area (Å²) < 4.78 is 36.4. The molecule has 0 aliphatic carbocycles. The maximum atomic E-state index is 12.0. The molecule has 0 fully saturated rings. The molecule has 0 spiro atoms. The summed E-state index contributed by atoms with van der Waals surface area (Å²) in [6, 6.07) is 4.30. The Morgan fingerprint density at radius 1 is 1.36 bits per heavy atom. The standard InChI is InChI=1S/C7H6BrF3N2S/c8-5-3-4(13-12)1-2-6(5)14-7(9,10)11/h1-3,13H,12H2. The van der Waals surface area contributed by atoms with Crippen molar-refractivity contribution in [3.63, 3.8) is 0 Å². The molecule has 0 heterocycles. The molecule has 1 aromatic carbocycles. The number of nitrogens with one attached hydrogen (secondary N) is 1. The Labute approximate surface area is 91.1 Å². The lowest BCUT2D eigenvalue weighted by atomic mass is 10.3. The summed E-state index contributed by atoms with van der Waals surface area (Å²) in [7, 11) is 0. The first-order chi connectivity index (χ1) is 6.42. The van der Waals surface area contributed by atoms with Gasteiger partial charge in [-0.25, -0.2) is 0 Å². The Hall–Kier alpha value is -0.400. The molecule has 3 N–H and O–H groups in total. The number of hydrazine groups is 1. The summed E-state index contributed by atoms with van der Waals surface area (Å²) in [6.07, 6.45) is 0. The van der Waals surface area contributed by atoms with Crippen molar-refractivity contribution in [2.24, 2.45) is 5.84 Å². The first-order valence-corrected chi connectivity index (χ1v) is 5.05. The minimum absolute atomic E-state index is 0.108. The normalized spacial score (nSPS) is 11.5. The summed E-state index contributed by atoms with van der Waals surface area (Å²) in [5, 5.41) is 0. The number of benzene rings is 1. The molecule has 1 rings (SSSR count). The van der Waals surface area contributed by atoms with Gasteiger partial charge in [0.2, 0.25) is 0 Å². The van der Waals surface area contributed by atoms with Crippen molar-refractivity contribution >= 4 is 33.4 Å². The van der Waals surface area contributed by atoms with Gasteiger partial charge in [0.25, 0.3) is 0 Å².